The van der Waals surface area contributed by atoms with E-state index in [2.05, 4.69) is 6.92 Å². The molecule has 0 unspecified atom stereocenters. The van der Waals surface area contributed by atoms with E-state index in [9.17, 15) is 9.59 Å². The van der Waals surface area contributed by atoms with E-state index in [4.69, 9.17) is 4.74 Å². The van der Waals surface area contributed by atoms with E-state index < -0.39 is 0 Å². The molecule has 0 aromatic carbocycles. The van der Waals surface area contributed by atoms with Gasteiger partial charge in [-0.1, -0.05) is 6.92 Å². The Morgan fingerprint density at radius 1 is 1.35 bits per heavy atom. The Balaban J connectivity index is 1.55. The maximum absolute atomic E-state index is 12.7. The van der Waals surface area contributed by atoms with Crippen LogP contribution in [0.25, 0.3) is 0 Å². The molecule has 1 aliphatic carbocycles. The predicted molar refractivity (Wildman–Crippen MR) is 86.9 cm³/mol. The molecule has 1 aromatic rings. The first-order valence-corrected chi connectivity index (χ1v) is 8.67. The fourth-order valence-corrected chi connectivity index (χ4v) is 3.45. The van der Waals surface area contributed by atoms with Crippen molar-refractivity contribution in [1.29, 1.82) is 0 Å². The van der Waals surface area contributed by atoms with Gasteiger partial charge in [-0.3, -0.25) is 9.59 Å². The molecule has 1 saturated carbocycles. The van der Waals surface area contributed by atoms with Crippen molar-refractivity contribution in [2.24, 2.45) is 18.9 Å². The number of aromatic nitrogens is 1. The van der Waals surface area contributed by atoms with Gasteiger partial charge in [0, 0.05) is 32.3 Å². The Morgan fingerprint density at radius 2 is 2.13 bits per heavy atom. The molecule has 0 radical (unpaired) electrons. The number of esters is 1. The monoisotopic (exact) mass is 318 g/mol. The van der Waals surface area contributed by atoms with Crippen molar-refractivity contribution in [3.63, 3.8) is 0 Å². The number of hydrogen-bond acceptors (Lipinski definition) is 3. The van der Waals surface area contributed by atoms with Crippen molar-refractivity contribution in [3.8, 4) is 0 Å². The summed E-state index contributed by atoms with van der Waals surface area (Å²) < 4.78 is 7.26. The fraction of sp³-hybridized carbons (Fsp3) is 0.667. The lowest BCUT2D eigenvalue weighted by Gasteiger charge is -2.35. The van der Waals surface area contributed by atoms with Crippen LogP contribution >= 0.6 is 0 Å². The van der Waals surface area contributed by atoms with Gasteiger partial charge in [0.2, 0.25) is 0 Å². The molecule has 2 fully saturated rings. The number of amides is 1. The number of piperidine rings is 1. The first kappa shape index (κ1) is 16.1. The number of nitrogens with zero attached hydrogens (tertiary/aromatic N) is 2. The van der Waals surface area contributed by atoms with Crippen LogP contribution in [0.1, 0.15) is 49.5 Å². The molecule has 2 heterocycles. The van der Waals surface area contributed by atoms with E-state index in [0.717, 1.165) is 44.3 Å². The molecular formula is C18H26N2O3. The Bertz CT molecular complexity index is 581. The van der Waals surface area contributed by atoms with Crippen LogP contribution in [0.2, 0.25) is 0 Å². The minimum Gasteiger partial charge on any atom is -0.465 e. The first-order chi connectivity index (χ1) is 11.1. The third-order valence-electron chi connectivity index (χ3n) is 5.16. The average molecular weight is 318 g/mol. The highest BCUT2D eigenvalue weighted by Gasteiger charge is 2.40. The van der Waals surface area contributed by atoms with Crippen molar-refractivity contribution in [3.05, 3.63) is 24.0 Å². The van der Waals surface area contributed by atoms with Crippen LogP contribution in [0.5, 0.6) is 0 Å². The Hall–Kier alpha value is -1.78. The van der Waals surface area contributed by atoms with Crippen molar-refractivity contribution in [2.75, 3.05) is 13.2 Å². The van der Waals surface area contributed by atoms with E-state index >= 15 is 0 Å². The van der Waals surface area contributed by atoms with Crippen LogP contribution in [0.4, 0.5) is 0 Å². The fourth-order valence-electron chi connectivity index (χ4n) is 3.45. The van der Waals surface area contributed by atoms with Crippen LogP contribution < -0.4 is 0 Å². The third-order valence-corrected chi connectivity index (χ3v) is 5.16. The Labute approximate surface area is 137 Å². The summed E-state index contributed by atoms with van der Waals surface area (Å²) in [5.41, 5.74) is 0.723. The number of carbonyl (C=O) groups is 2. The zero-order valence-corrected chi connectivity index (χ0v) is 14.0. The highest BCUT2D eigenvalue weighted by Crippen LogP contribution is 2.38. The molecule has 5 heteroatoms. The molecule has 0 spiro atoms. The summed E-state index contributed by atoms with van der Waals surface area (Å²) in [5, 5.41) is 0. The van der Waals surface area contributed by atoms with Crippen LogP contribution in [-0.4, -0.2) is 40.5 Å². The van der Waals surface area contributed by atoms with Crippen LogP contribution in [0.15, 0.2) is 18.3 Å². The van der Waals surface area contributed by atoms with Crippen molar-refractivity contribution < 1.29 is 14.3 Å². The van der Waals surface area contributed by atoms with E-state index in [1.165, 1.54) is 0 Å². The first-order valence-electron chi connectivity index (χ1n) is 8.67. The maximum Gasteiger partial charge on any atom is 0.309 e. The zero-order valence-electron chi connectivity index (χ0n) is 14.0. The van der Waals surface area contributed by atoms with E-state index in [1.54, 1.807) is 0 Å². The molecule has 1 saturated heterocycles. The third kappa shape index (κ3) is 3.59. The normalized spacial score (nSPS) is 26.9. The van der Waals surface area contributed by atoms with Gasteiger partial charge in [-0.2, -0.15) is 0 Å². The molecule has 1 amide bonds. The van der Waals surface area contributed by atoms with Gasteiger partial charge in [-0.05, 0) is 43.7 Å². The second-order valence-corrected chi connectivity index (χ2v) is 6.93. The smallest absolute Gasteiger partial charge is 0.309 e. The second-order valence-electron chi connectivity index (χ2n) is 6.93. The average Bonchev–Trinajstić information content (AvgIpc) is 3.13. The number of likely N-dealkylation sites (tertiary alicyclic amines) is 1. The molecule has 126 valence electrons. The van der Waals surface area contributed by atoms with E-state index in [1.807, 2.05) is 34.8 Å². The van der Waals surface area contributed by atoms with Crippen LogP contribution in [0, 0.1) is 11.8 Å². The summed E-state index contributed by atoms with van der Waals surface area (Å²) in [4.78, 5) is 26.5. The van der Waals surface area contributed by atoms with Gasteiger partial charge in [0.25, 0.3) is 5.91 Å². The number of carbonyl (C=O) groups excluding carboxylic acids is 2. The minimum absolute atomic E-state index is 0.0615. The molecule has 3 rings (SSSR count). The van der Waals surface area contributed by atoms with Crippen LogP contribution in [-0.2, 0) is 16.6 Å². The quantitative estimate of drug-likeness (QED) is 0.784. The SMILES string of the molecule is C[C@@H]1C[C@@H]1C(=O)OCC[C@@H]1CCCCN1C(=O)c1cccn1C. The van der Waals surface area contributed by atoms with Crippen molar-refractivity contribution >= 4 is 11.9 Å². The molecule has 2 aliphatic rings. The lowest BCUT2D eigenvalue weighted by Crippen LogP contribution is -2.44. The second kappa shape index (κ2) is 6.77. The number of aryl methyl sites for hydroxylation is 1. The number of rotatable bonds is 5. The summed E-state index contributed by atoms with van der Waals surface area (Å²) in [6, 6.07) is 3.93. The standard InChI is InChI=1S/C18H26N2O3/c1-13-12-15(13)18(22)23-11-8-14-6-3-4-10-20(14)17(21)16-7-5-9-19(16)2/h5,7,9,13-15H,3-4,6,8,10-12H2,1-2H3/t13-,14+,15+/m1/s1. The lowest BCUT2D eigenvalue weighted by molar-refractivity contribution is -0.146. The minimum atomic E-state index is -0.0615. The van der Waals surface area contributed by atoms with Crippen molar-refractivity contribution in [1.82, 2.24) is 9.47 Å². The van der Waals surface area contributed by atoms with Gasteiger partial charge >= 0.3 is 5.97 Å². The predicted octanol–water partition coefficient (Wildman–Crippen LogP) is 2.61. The van der Waals surface area contributed by atoms with Crippen LogP contribution in [0.3, 0.4) is 0 Å². The number of ether oxygens (including phenoxy) is 1. The summed E-state index contributed by atoms with van der Waals surface area (Å²) in [6.45, 7) is 3.29. The van der Waals surface area contributed by atoms with Gasteiger partial charge in [0.1, 0.15) is 5.69 Å². The molecule has 0 bridgehead atoms. The largest absolute Gasteiger partial charge is 0.465 e. The van der Waals surface area contributed by atoms with Gasteiger partial charge in [0.15, 0.2) is 0 Å². The molecular weight excluding hydrogens is 292 g/mol. The van der Waals surface area contributed by atoms with E-state index in [0.29, 0.717) is 12.5 Å². The van der Waals surface area contributed by atoms with Gasteiger partial charge in [0.05, 0.1) is 12.5 Å². The highest BCUT2D eigenvalue weighted by atomic mass is 16.5. The van der Waals surface area contributed by atoms with Gasteiger partial charge in [-0.25, -0.2) is 0 Å². The summed E-state index contributed by atoms with van der Waals surface area (Å²) in [7, 11) is 1.89. The maximum atomic E-state index is 12.7. The molecule has 3 atom stereocenters. The molecule has 5 nitrogen and oxygen atoms in total. The Kier molecular flexibility index (Phi) is 4.74. The van der Waals surface area contributed by atoms with E-state index in [-0.39, 0.29) is 23.8 Å². The van der Waals surface area contributed by atoms with Crippen molar-refractivity contribution in [2.45, 2.75) is 45.1 Å². The topological polar surface area (TPSA) is 51.5 Å². The molecule has 1 aromatic heterocycles. The van der Waals surface area contributed by atoms with Gasteiger partial charge < -0.3 is 14.2 Å². The lowest BCUT2D eigenvalue weighted by atomic mass is 9.99. The zero-order chi connectivity index (χ0) is 16.4. The van der Waals surface area contributed by atoms with Gasteiger partial charge in [-0.15, -0.1) is 0 Å². The molecule has 1 aliphatic heterocycles. The number of hydrogen-bond donors (Lipinski definition) is 0. The molecule has 0 N–H and O–H groups in total. The summed E-state index contributed by atoms with van der Waals surface area (Å²) in [5.74, 6) is 0.619. The Morgan fingerprint density at radius 3 is 2.78 bits per heavy atom. The summed E-state index contributed by atoms with van der Waals surface area (Å²) >= 11 is 0. The highest BCUT2D eigenvalue weighted by molar-refractivity contribution is 5.93. The summed E-state index contributed by atoms with van der Waals surface area (Å²) in [6.07, 6.45) is 6.77. The molecule has 23 heavy (non-hydrogen) atoms.